The van der Waals surface area contributed by atoms with E-state index < -0.39 is 11.7 Å². The number of para-hydroxylation sites is 2. The molecule has 0 saturated heterocycles. The molecule has 2 aromatic carbocycles. The minimum atomic E-state index is -4.45. The van der Waals surface area contributed by atoms with Gasteiger partial charge in [0.25, 0.3) is 0 Å². The summed E-state index contributed by atoms with van der Waals surface area (Å²) in [5.41, 5.74) is 1.37. The third-order valence-corrected chi connectivity index (χ3v) is 4.80. The van der Waals surface area contributed by atoms with Crippen molar-refractivity contribution in [3.63, 3.8) is 0 Å². The van der Waals surface area contributed by atoms with Crippen molar-refractivity contribution in [1.82, 2.24) is 14.9 Å². The number of nitrogens with zero attached hydrogens (tertiary/aromatic N) is 3. The normalized spacial score (nSPS) is 14.4. The molecule has 1 aliphatic rings. The molecule has 1 amide bonds. The van der Waals surface area contributed by atoms with Gasteiger partial charge in [-0.25, -0.2) is 4.98 Å². The van der Waals surface area contributed by atoms with Gasteiger partial charge in [0.15, 0.2) is 0 Å². The molecular formula is C22H18F3N3O. The Kier molecular flexibility index (Phi) is 5.05. The minimum absolute atomic E-state index is 0.0314. The van der Waals surface area contributed by atoms with Crippen molar-refractivity contribution in [2.45, 2.75) is 31.6 Å². The lowest BCUT2D eigenvalue weighted by atomic mass is 10.1. The Balaban J connectivity index is 1.55. The molecule has 0 spiro atoms. The Hall–Kier alpha value is -3.22. The van der Waals surface area contributed by atoms with Crippen molar-refractivity contribution in [2.75, 3.05) is 0 Å². The van der Waals surface area contributed by atoms with Crippen LogP contribution in [0.15, 0.2) is 60.8 Å². The van der Waals surface area contributed by atoms with Crippen molar-refractivity contribution >= 4 is 23.0 Å². The van der Waals surface area contributed by atoms with Crippen LogP contribution in [0.2, 0.25) is 0 Å². The molecule has 148 valence electrons. The highest BCUT2D eigenvalue weighted by Gasteiger charge is 2.36. The topological polar surface area (TPSA) is 46.1 Å². The van der Waals surface area contributed by atoms with Crippen LogP contribution < -0.4 is 0 Å². The zero-order valence-corrected chi connectivity index (χ0v) is 15.4. The third kappa shape index (κ3) is 4.45. The molecule has 4 rings (SSSR count). The van der Waals surface area contributed by atoms with Crippen LogP contribution in [0.4, 0.5) is 13.2 Å². The Labute approximate surface area is 165 Å². The van der Waals surface area contributed by atoms with Crippen LogP contribution in [0.3, 0.4) is 0 Å². The largest absolute Gasteiger partial charge is 0.416 e. The Morgan fingerprint density at radius 2 is 1.76 bits per heavy atom. The van der Waals surface area contributed by atoms with Gasteiger partial charge in [-0.05, 0) is 42.7 Å². The van der Waals surface area contributed by atoms with Crippen LogP contribution >= 0.6 is 0 Å². The van der Waals surface area contributed by atoms with E-state index in [1.165, 1.54) is 23.1 Å². The second kappa shape index (κ2) is 7.66. The van der Waals surface area contributed by atoms with E-state index >= 15 is 0 Å². The van der Waals surface area contributed by atoms with Gasteiger partial charge in [-0.2, -0.15) is 13.2 Å². The zero-order valence-electron chi connectivity index (χ0n) is 15.4. The molecule has 0 aliphatic heterocycles. The SMILES string of the molecule is O=C(/C=C/c1cnc2ccccc2n1)N(Cc1ccccc1C(F)(F)F)C1CC1. The van der Waals surface area contributed by atoms with E-state index in [2.05, 4.69) is 9.97 Å². The van der Waals surface area contributed by atoms with Crippen molar-refractivity contribution in [3.8, 4) is 0 Å². The van der Waals surface area contributed by atoms with Gasteiger partial charge >= 0.3 is 6.18 Å². The number of aromatic nitrogens is 2. The number of carbonyl (C=O) groups is 1. The second-order valence-electron chi connectivity index (χ2n) is 6.97. The summed E-state index contributed by atoms with van der Waals surface area (Å²) in [5, 5.41) is 0. The maximum atomic E-state index is 13.3. The van der Waals surface area contributed by atoms with Gasteiger partial charge < -0.3 is 4.90 Å². The van der Waals surface area contributed by atoms with E-state index in [0.29, 0.717) is 11.2 Å². The zero-order chi connectivity index (χ0) is 20.4. The number of benzene rings is 2. The number of halogens is 3. The summed E-state index contributed by atoms with van der Waals surface area (Å²) in [6, 6.07) is 12.7. The van der Waals surface area contributed by atoms with Crippen LogP contribution in [0, 0.1) is 0 Å². The number of rotatable bonds is 5. The molecule has 3 aromatic rings. The molecule has 29 heavy (non-hydrogen) atoms. The Bertz CT molecular complexity index is 1070. The summed E-state index contributed by atoms with van der Waals surface area (Å²) in [6.45, 7) is -0.0765. The Morgan fingerprint density at radius 1 is 1.07 bits per heavy atom. The number of alkyl halides is 3. The molecule has 0 N–H and O–H groups in total. The first-order valence-electron chi connectivity index (χ1n) is 9.27. The lowest BCUT2D eigenvalue weighted by molar-refractivity contribution is -0.139. The van der Waals surface area contributed by atoms with Gasteiger partial charge in [-0.1, -0.05) is 30.3 Å². The molecular weight excluding hydrogens is 379 g/mol. The first-order chi connectivity index (χ1) is 13.9. The molecule has 0 atom stereocenters. The summed E-state index contributed by atoms with van der Waals surface area (Å²) in [5.74, 6) is -0.334. The van der Waals surface area contributed by atoms with Crippen LogP contribution in [0.5, 0.6) is 0 Å². The van der Waals surface area contributed by atoms with Gasteiger partial charge in [0.1, 0.15) is 0 Å². The Morgan fingerprint density at radius 3 is 2.48 bits per heavy atom. The average molecular weight is 397 g/mol. The molecule has 0 bridgehead atoms. The fourth-order valence-electron chi connectivity index (χ4n) is 3.20. The highest BCUT2D eigenvalue weighted by Crippen LogP contribution is 2.35. The van der Waals surface area contributed by atoms with Gasteiger partial charge in [0.2, 0.25) is 5.91 Å². The molecule has 7 heteroatoms. The highest BCUT2D eigenvalue weighted by molar-refractivity contribution is 5.92. The van der Waals surface area contributed by atoms with Gasteiger partial charge in [0.05, 0.1) is 28.5 Å². The quantitative estimate of drug-likeness (QED) is 0.578. The molecule has 1 saturated carbocycles. The van der Waals surface area contributed by atoms with Crippen LogP contribution in [-0.4, -0.2) is 26.8 Å². The first kappa shape index (κ1) is 19.1. The summed E-state index contributed by atoms with van der Waals surface area (Å²) >= 11 is 0. The van der Waals surface area contributed by atoms with Gasteiger partial charge in [0, 0.05) is 18.7 Å². The molecule has 1 aliphatic carbocycles. The predicted octanol–water partition coefficient (Wildman–Crippen LogP) is 4.85. The van der Waals surface area contributed by atoms with E-state index in [0.717, 1.165) is 24.4 Å². The van der Waals surface area contributed by atoms with E-state index in [-0.39, 0.29) is 24.1 Å². The van der Waals surface area contributed by atoms with Crippen molar-refractivity contribution in [2.24, 2.45) is 0 Å². The number of carbonyl (C=O) groups excluding carboxylic acids is 1. The molecule has 1 aromatic heterocycles. The number of hydrogen-bond acceptors (Lipinski definition) is 3. The number of hydrogen-bond donors (Lipinski definition) is 0. The predicted molar refractivity (Wildman–Crippen MR) is 104 cm³/mol. The van der Waals surface area contributed by atoms with E-state index in [1.807, 2.05) is 24.3 Å². The molecule has 1 fully saturated rings. The molecule has 0 radical (unpaired) electrons. The van der Waals surface area contributed by atoms with Crippen molar-refractivity contribution in [1.29, 1.82) is 0 Å². The first-order valence-corrected chi connectivity index (χ1v) is 9.27. The minimum Gasteiger partial charge on any atom is -0.332 e. The molecule has 1 heterocycles. The average Bonchev–Trinajstić information content (AvgIpc) is 3.55. The monoisotopic (exact) mass is 397 g/mol. The summed E-state index contributed by atoms with van der Waals surface area (Å²) in [6.07, 6.45) is 1.60. The maximum absolute atomic E-state index is 13.3. The summed E-state index contributed by atoms with van der Waals surface area (Å²) in [7, 11) is 0. The van der Waals surface area contributed by atoms with E-state index in [1.54, 1.807) is 18.3 Å². The number of amides is 1. The maximum Gasteiger partial charge on any atom is 0.416 e. The smallest absolute Gasteiger partial charge is 0.332 e. The summed E-state index contributed by atoms with van der Waals surface area (Å²) < 4.78 is 39.8. The number of fused-ring (bicyclic) bond motifs is 1. The van der Waals surface area contributed by atoms with E-state index in [4.69, 9.17) is 0 Å². The lowest BCUT2D eigenvalue weighted by Crippen LogP contribution is -2.32. The fraction of sp³-hybridized carbons (Fsp3) is 0.227. The standard InChI is InChI=1S/C22H18F3N3O/c23-22(24,25)18-6-2-1-5-15(18)14-28(17-10-11-17)21(29)12-9-16-13-26-19-7-3-4-8-20(19)27-16/h1-9,12-13,17H,10-11,14H2/b12-9+. The molecule has 4 nitrogen and oxygen atoms in total. The van der Waals surface area contributed by atoms with Crippen LogP contribution in [0.1, 0.15) is 29.7 Å². The van der Waals surface area contributed by atoms with Crippen LogP contribution in [0.25, 0.3) is 17.1 Å². The fourth-order valence-corrected chi connectivity index (χ4v) is 3.20. The van der Waals surface area contributed by atoms with Crippen LogP contribution in [-0.2, 0) is 17.5 Å². The molecule has 0 unspecified atom stereocenters. The summed E-state index contributed by atoms with van der Waals surface area (Å²) in [4.78, 5) is 23.0. The highest BCUT2D eigenvalue weighted by atomic mass is 19.4. The van der Waals surface area contributed by atoms with Crippen molar-refractivity contribution in [3.05, 3.63) is 77.6 Å². The van der Waals surface area contributed by atoms with E-state index in [9.17, 15) is 18.0 Å². The van der Waals surface area contributed by atoms with Gasteiger partial charge in [-0.3, -0.25) is 9.78 Å². The van der Waals surface area contributed by atoms with Crippen molar-refractivity contribution < 1.29 is 18.0 Å². The lowest BCUT2D eigenvalue weighted by Gasteiger charge is -2.23. The second-order valence-corrected chi connectivity index (χ2v) is 6.97. The third-order valence-electron chi connectivity index (χ3n) is 4.80. The van der Waals surface area contributed by atoms with Gasteiger partial charge in [-0.15, -0.1) is 0 Å².